The molecule has 0 aromatic heterocycles. The second-order valence-corrected chi connectivity index (χ2v) is 4.97. The van der Waals surface area contributed by atoms with Crippen LogP contribution in [0.15, 0.2) is 5.16 Å². The van der Waals surface area contributed by atoms with E-state index in [-0.39, 0.29) is 0 Å². The molecule has 0 aromatic rings. The van der Waals surface area contributed by atoms with Crippen LogP contribution in [0.25, 0.3) is 0 Å². The first kappa shape index (κ1) is 12.5. The number of hydrogen-bond donors (Lipinski definition) is 1. The van der Waals surface area contributed by atoms with Gasteiger partial charge in [-0.2, -0.15) is 0 Å². The summed E-state index contributed by atoms with van der Waals surface area (Å²) < 4.78 is 0. The summed E-state index contributed by atoms with van der Waals surface area (Å²) in [5.74, 6) is 0.912. The van der Waals surface area contributed by atoms with E-state index in [0.29, 0.717) is 0 Å². The van der Waals surface area contributed by atoms with Crippen LogP contribution in [0.3, 0.4) is 0 Å². The van der Waals surface area contributed by atoms with Gasteiger partial charge in [-0.1, -0.05) is 50.6 Å². The Morgan fingerprint density at radius 1 is 0.933 bits per heavy atom. The predicted octanol–water partition coefficient (Wildman–Crippen LogP) is 4.37. The van der Waals surface area contributed by atoms with Crippen molar-refractivity contribution in [2.24, 2.45) is 11.1 Å². The molecule has 0 atom stereocenters. The fourth-order valence-corrected chi connectivity index (χ4v) is 2.37. The van der Waals surface area contributed by atoms with Crippen LogP contribution in [0.2, 0.25) is 0 Å². The zero-order valence-electron chi connectivity index (χ0n) is 10.0. The molecule has 2 heteroatoms. The third-order valence-electron chi connectivity index (χ3n) is 3.47. The lowest BCUT2D eigenvalue weighted by Gasteiger charge is -2.12. The second kappa shape index (κ2) is 7.72. The lowest BCUT2D eigenvalue weighted by atomic mass is 9.94. The molecular weight excluding hydrogens is 186 g/mol. The van der Waals surface area contributed by atoms with E-state index in [4.69, 9.17) is 5.21 Å². The van der Waals surface area contributed by atoms with E-state index in [9.17, 15) is 0 Å². The van der Waals surface area contributed by atoms with Crippen molar-refractivity contribution in [3.63, 3.8) is 0 Å². The van der Waals surface area contributed by atoms with Gasteiger partial charge in [0.05, 0.1) is 5.71 Å². The molecule has 1 fully saturated rings. The van der Waals surface area contributed by atoms with Crippen molar-refractivity contribution in [1.82, 2.24) is 0 Å². The standard InChI is InChI=1S/C13H25NO/c1-12-8-4-2-6-10-13(14-15)11-7-3-5-9-12/h12,15H,2-11H2,1H3. The largest absolute Gasteiger partial charge is 0.411 e. The summed E-state index contributed by atoms with van der Waals surface area (Å²) in [6, 6.07) is 0. The van der Waals surface area contributed by atoms with Gasteiger partial charge < -0.3 is 5.21 Å². The van der Waals surface area contributed by atoms with Gasteiger partial charge in [-0.15, -0.1) is 0 Å². The summed E-state index contributed by atoms with van der Waals surface area (Å²) in [6.07, 6.45) is 12.5. The van der Waals surface area contributed by atoms with Crippen molar-refractivity contribution < 1.29 is 5.21 Å². The van der Waals surface area contributed by atoms with Crippen molar-refractivity contribution >= 4 is 5.71 Å². The maximum atomic E-state index is 8.83. The summed E-state index contributed by atoms with van der Waals surface area (Å²) in [7, 11) is 0. The van der Waals surface area contributed by atoms with Gasteiger partial charge in [-0.05, 0) is 31.6 Å². The fourth-order valence-electron chi connectivity index (χ4n) is 2.37. The van der Waals surface area contributed by atoms with Gasteiger partial charge >= 0.3 is 0 Å². The van der Waals surface area contributed by atoms with Gasteiger partial charge in [0.2, 0.25) is 0 Å². The Morgan fingerprint density at radius 3 is 1.93 bits per heavy atom. The fraction of sp³-hybridized carbons (Fsp3) is 0.923. The van der Waals surface area contributed by atoms with E-state index in [1.807, 2.05) is 0 Å². The molecule has 1 N–H and O–H groups in total. The van der Waals surface area contributed by atoms with Crippen LogP contribution in [-0.2, 0) is 0 Å². The number of rotatable bonds is 0. The first-order valence-corrected chi connectivity index (χ1v) is 6.52. The van der Waals surface area contributed by atoms with Gasteiger partial charge in [0.25, 0.3) is 0 Å². The maximum absolute atomic E-state index is 8.83. The second-order valence-electron chi connectivity index (χ2n) is 4.97. The summed E-state index contributed by atoms with van der Waals surface area (Å²) in [4.78, 5) is 0. The Hall–Kier alpha value is -0.530. The smallest absolute Gasteiger partial charge is 0.0570 e. The molecule has 0 bridgehead atoms. The lowest BCUT2D eigenvalue weighted by Crippen LogP contribution is -2.02. The summed E-state index contributed by atoms with van der Waals surface area (Å²) in [5, 5.41) is 12.2. The number of hydrogen-bond acceptors (Lipinski definition) is 2. The highest BCUT2D eigenvalue weighted by Crippen LogP contribution is 2.19. The quantitative estimate of drug-likeness (QED) is 0.468. The summed E-state index contributed by atoms with van der Waals surface area (Å²) >= 11 is 0. The van der Waals surface area contributed by atoms with Crippen molar-refractivity contribution in [1.29, 1.82) is 0 Å². The van der Waals surface area contributed by atoms with Crippen LogP contribution < -0.4 is 0 Å². The van der Waals surface area contributed by atoms with E-state index in [1.165, 1.54) is 51.4 Å². The normalized spacial score (nSPS) is 26.5. The molecule has 0 unspecified atom stereocenters. The van der Waals surface area contributed by atoms with Crippen LogP contribution in [0.5, 0.6) is 0 Å². The predicted molar refractivity (Wildman–Crippen MR) is 64.6 cm³/mol. The summed E-state index contributed by atoms with van der Waals surface area (Å²) in [5.41, 5.74) is 1.02. The van der Waals surface area contributed by atoms with E-state index in [2.05, 4.69) is 12.1 Å². The number of nitrogens with zero attached hydrogens (tertiary/aromatic N) is 1. The molecule has 0 aliphatic heterocycles. The van der Waals surface area contributed by atoms with Crippen molar-refractivity contribution in [3.8, 4) is 0 Å². The summed E-state index contributed by atoms with van der Waals surface area (Å²) in [6.45, 7) is 2.38. The molecule has 0 saturated heterocycles. The molecule has 0 aromatic carbocycles. The first-order chi connectivity index (χ1) is 7.33. The Balaban J connectivity index is 2.30. The topological polar surface area (TPSA) is 32.6 Å². The van der Waals surface area contributed by atoms with Crippen LogP contribution in [0.4, 0.5) is 0 Å². The molecule has 0 amide bonds. The van der Waals surface area contributed by atoms with E-state index in [0.717, 1.165) is 24.5 Å². The van der Waals surface area contributed by atoms with E-state index >= 15 is 0 Å². The van der Waals surface area contributed by atoms with Crippen LogP contribution >= 0.6 is 0 Å². The molecule has 0 radical (unpaired) electrons. The minimum atomic E-state index is 0.912. The Bertz CT molecular complexity index is 173. The number of oxime groups is 1. The third kappa shape index (κ3) is 5.81. The first-order valence-electron chi connectivity index (χ1n) is 6.52. The molecule has 88 valence electrons. The van der Waals surface area contributed by atoms with Crippen molar-refractivity contribution in [3.05, 3.63) is 0 Å². The average molecular weight is 211 g/mol. The zero-order valence-corrected chi connectivity index (χ0v) is 10.0. The Labute approximate surface area is 93.8 Å². The SMILES string of the molecule is CC1CCCCCC(=NO)CCCCC1. The zero-order chi connectivity index (χ0) is 10.9. The monoisotopic (exact) mass is 211 g/mol. The average Bonchev–Trinajstić information content (AvgIpc) is 2.23. The molecule has 0 heterocycles. The van der Waals surface area contributed by atoms with E-state index < -0.39 is 0 Å². The highest BCUT2D eigenvalue weighted by Gasteiger charge is 2.06. The lowest BCUT2D eigenvalue weighted by molar-refractivity contribution is 0.315. The van der Waals surface area contributed by atoms with Gasteiger partial charge in [0, 0.05) is 0 Å². The molecule has 1 rings (SSSR count). The van der Waals surface area contributed by atoms with Gasteiger partial charge in [0.1, 0.15) is 0 Å². The van der Waals surface area contributed by atoms with Crippen LogP contribution in [0, 0.1) is 5.92 Å². The molecule has 1 aliphatic rings. The molecule has 0 spiro atoms. The van der Waals surface area contributed by atoms with Crippen LogP contribution in [0.1, 0.15) is 71.1 Å². The Kier molecular flexibility index (Phi) is 6.45. The molecule has 1 saturated carbocycles. The molecule has 1 aliphatic carbocycles. The molecular formula is C13H25NO. The third-order valence-corrected chi connectivity index (χ3v) is 3.47. The van der Waals surface area contributed by atoms with Gasteiger partial charge in [0.15, 0.2) is 0 Å². The van der Waals surface area contributed by atoms with Crippen LogP contribution in [-0.4, -0.2) is 10.9 Å². The van der Waals surface area contributed by atoms with Gasteiger partial charge in [-0.3, -0.25) is 0 Å². The molecule has 15 heavy (non-hydrogen) atoms. The van der Waals surface area contributed by atoms with Gasteiger partial charge in [-0.25, -0.2) is 0 Å². The van der Waals surface area contributed by atoms with Crippen molar-refractivity contribution in [2.75, 3.05) is 0 Å². The Morgan fingerprint density at radius 2 is 1.47 bits per heavy atom. The minimum absolute atomic E-state index is 0.912. The van der Waals surface area contributed by atoms with Crippen molar-refractivity contribution in [2.45, 2.75) is 71.1 Å². The highest BCUT2D eigenvalue weighted by atomic mass is 16.4. The van der Waals surface area contributed by atoms with E-state index in [1.54, 1.807) is 0 Å². The highest BCUT2D eigenvalue weighted by molar-refractivity contribution is 5.83. The minimum Gasteiger partial charge on any atom is -0.411 e. The molecule has 2 nitrogen and oxygen atoms in total. The maximum Gasteiger partial charge on any atom is 0.0570 e.